The Balaban J connectivity index is 2.02. The SMILES string of the molecule is CCCCCC[C@@H]1O[C@H]1/C=C/C(=O)OC. The lowest BCUT2D eigenvalue weighted by Crippen LogP contribution is -1.96. The van der Waals surface area contributed by atoms with Crippen LogP contribution in [0.4, 0.5) is 0 Å². The summed E-state index contributed by atoms with van der Waals surface area (Å²) in [4.78, 5) is 10.8. The predicted octanol–water partition coefficient (Wildman–Crippen LogP) is 2.45. The minimum absolute atomic E-state index is 0.144. The third-order valence-corrected chi connectivity index (χ3v) is 2.59. The van der Waals surface area contributed by atoms with Crippen molar-refractivity contribution >= 4 is 5.97 Å². The standard InChI is InChI=1S/C12H20O3/c1-3-4-5-6-7-10-11(15-10)8-9-12(13)14-2/h8-11H,3-7H2,1-2H3/b9-8+/t10-,11-/m0/s1. The summed E-state index contributed by atoms with van der Waals surface area (Å²) in [5.74, 6) is -0.310. The summed E-state index contributed by atoms with van der Waals surface area (Å²) in [6, 6.07) is 0. The summed E-state index contributed by atoms with van der Waals surface area (Å²) in [6.45, 7) is 2.20. The van der Waals surface area contributed by atoms with Gasteiger partial charge in [0.1, 0.15) is 6.10 Å². The average molecular weight is 212 g/mol. The van der Waals surface area contributed by atoms with Crippen molar-refractivity contribution in [3.8, 4) is 0 Å². The van der Waals surface area contributed by atoms with Gasteiger partial charge in [-0.3, -0.25) is 0 Å². The predicted molar refractivity (Wildman–Crippen MR) is 58.6 cm³/mol. The van der Waals surface area contributed by atoms with Gasteiger partial charge in [-0.05, 0) is 12.5 Å². The smallest absolute Gasteiger partial charge is 0.330 e. The van der Waals surface area contributed by atoms with E-state index in [1.165, 1.54) is 38.9 Å². The maximum absolute atomic E-state index is 10.8. The largest absolute Gasteiger partial charge is 0.466 e. The van der Waals surface area contributed by atoms with Crippen molar-refractivity contribution in [2.24, 2.45) is 0 Å². The van der Waals surface area contributed by atoms with E-state index >= 15 is 0 Å². The second kappa shape index (κ2) is 6.62. The fourth-order valence-electron chi connectivity index (χ4n) is 1.57. The van der Waals surface area contributed by atoms with Crippen LogP contribution in [0.3, 0.4) is 0 Å². The molecule has 1 heterocycles. The highest BCUT2D eigenvalue weighted by atomic mass is 16.6. The molecule has 3 heteroatoms. The number of epoxide rings is 1. The molecule has 0 aromatic rings. The van der Waals surface area contributed by atoms with Crippen LogP contribution in [0.5, 0.6) is 0 Å². The second-order valence-corrected chi connectivity index (χ2v) is 3.87. The number of esters is 1. The van der Waals surface area contributed by atoms with E-state index in [0.29, 0.717) is 6.10 Å². The first-order valence-electron chi connectivity index (χ1n) is 5.69. The van der Waals surface area contributed by atoms with Gasteiger partial charge in [-0.25, -0.2) is 4.79 Å². The van der Waals surface area contributed by atoms with E-state index in [1.54, 1.807) is 6.08 Å². The van der Waals surface area contributed by atoms with Crippen molar-refractivity contribution < 1.29 is 14.3 Å². The van der Waals surface area contributed by atoms with Crippen LogP contribution >= 0.6 is 0 Å². The lowest BCUT2D eigenvalue weighted by Gasteiger charge is -1.94. The summed E-state index contributed by atoms with van der Waals surface area (Å²) in [5.41, 5.74) is 0. The number of ether oxygens (including phenoxy) is 2. The maximum atomic E-state index is 10.8. The summed E-state index contributed by atoms with van der Waals surface area (Å²) < 4.78 is 9.89. The second-order valence-electron chi connectivity index (χ2n) is 3.87. The molecule has 0 unspecified atom stereocenters. The molecule has 1 aliphatic heterocycles. The molecule has 15 heavy (non-hydrogen) atoms. The molecule has 0 spiro atoms. The average Bonchev–Trinajstić information content (AvgIpc) is 3.00. The maximum Gasteiger partial charge on any atom is 0.330 e. The van der Waals surface area contributed by atoms with E-state index in [9.17, 15) is 4.79 Å². The molecule has 1 fully saturated rings. The zero-order chi connectivity index (χ0) is 11.1. The number of unbranched alkanes of at least 4 members (excludes halogenated alkanes) is 3. The third-order valence-electron chi connectivity index (χ3n) is 2.59. The Morgan fingerprint density at radius 3 is 2.87 bits per heavy atom. The van der Waals surface area contributed by atoms with Crippen molar-refractivity contribution in [1.82, 2.24) is 0 Å². The van der Waals surface area contributed by atoms with Gasteiger partial charge in [0, 0.05) is 6.08 Å². The van der Waals surface area contributed by atoms with Crippen LogP contribution in [-0.2, 0) is 14.3 Å². The highest BCUT2D eigenvalue weighted by Gasteiger charge is 2.35. The molecule has 0 aromatic heterocycles. The highest BCUT2D eigenvalue weighted by molar-refractivity contribution is 5.81. The van der Waals surface area contributed by atoms with Crippen LogP contribution in [0.2, 0.25) is 0 Å². The van der Waals surface area contributed by atoms with Gasteiger partial charge >= 0.3 is 5.97 Å². The molecule has 1 aliphatic rings. The van der Waals surface area contributed by atoms with E-state index in [-0.39, 0.29) is 12.1 Å². The van der Waals surface area contributed by atoms with Crippen molar-refractivity contribution in [2.75, 3.05) is 7.11 Å². The van der Waals surface area contributed by atoms with Crippen LogP contribution in [0, 0.1) is 0 Å². The molecule has 0 aliphatic carbocycles. The fraction of sp³-hybridized carbons (Fsp3) is 0.750. The first-order chi connectivity index (χ1) is 7.27. The van der Waals surface area contributed by atoms with Gasteiger partial charge in [-0.2, -0.15) is 0 Å². The van der Waals surface area contributed by atoms with Crippen LogP contribution in [-0.4, -0.2) is 25.3 Å². The van der Waals surface area contributed by atoms with Gasteiger partial charge < -0.3 is 9.47 Å². The number of hydrogen-bond acceptors (Lipinski definition) is 3. The molecular weight excluding hydrogens is 192 g/mol. The summed E-state index contributed by atoms with van der Waals surface area (Å²) in [7, 11) is 1.38. The molecule has 1 rings (SSSR count). The van der Waals surface area contributed by atoms with E-state index in [0.717, 1.165) is 6.42 Å². The number of rotatable bonds is 7. The monoisotopic (exact) mass is 212 g/mol. The van der Waals surface area contributed by atoms with Crippen LogP contribution in [0.25, 0.3) is 0 Å². The van der Waals surface area contributed by atoms with Crippen molar-refractivity contribution in [1.29, 1.82) is 0 Å². The molecule has 3 nitrogen and oxygen atoms in total. The van der Waals surface area contributed by atoms with E-state index in [2.05, 4.69) is 11.7 Å². The van der Waals surface area contributed by atoms with Gasteiger partial charge in [0.2, 0.25) is 0 Å². The number of methoxy groups -OCH3 is 1. The Labute approximate surface area is 91.4 Å². The quantitative estimate of drug-likeness (QED) is 0.281. The first-order valence-corrected chi connectivity index (χ1v) is 5.69. The van der Waals surface area contributed by atoms with Gasteiger partial charge in [-0.15, -0.1) is 0 Å². The highest BCUT2D eigenvalue weighted by Crippen LogP contribution is 2.28. The molecule has 0 saturated carbocycles. The minimum Gasteiger partial charge on any atom is -0.466 e. The Morgan fingerprint density at radius 2 is 2.20 bits per heavy atom. The summed E-state index contributed by atoms with van der Waals surface area (Å²) in [5, 5.41) is 0. The van der Waals surface area contributed by atoms with Crippen molar-refractivity contribution in [2.45, 2.75) is 51.2 Å². The lowest BCUT2D eigenvalue weighted by molar-refractivity contribution is -0.134. The molecular formula is C12H20O3. The molecule has 0 amide bonds. The lowest BCUT2D eigenvalue weighted by atomic mass is 10.1. The molecule has 0 N–H and O–H groups in total. The van der Waals surface area contributed by atoms with E-state index in [1.807, 2.05) is 0 Å². The van der Waals surface area contributed by atoms with Crippen molar-refractivity contribution in [3.63, 3.8) is 0 Å². The van der Waals surface area contributed by atoms with E-state index < -0.39 is 0 Å². The summed E-state index contributed by atoms with van der Waals surface area (Å²) in [6.07, 6.45) is 9.88. The zero-order valence-corrected chi connectivity index (χ0v) is 9.57. The first kappa shape index (κ1) is 12.2. The number of hydrogen-bond donors (Lipinski definition) is 0. The molecule has 86 valence electrons. The van der Waals surface area contributed by atoms with Gasteiger partial charge in [0.05, 0.1) is 13.2 Å². The van der Waals surface area contributed by atoms with E-state index in [4.69, 9.17) is 4.74 Å². The van der Waals surface area contributed by atoms with Crippen LogP contribution in [0.15, 0.2) is 12.2 Å². The Bertz CT molecular complexity index is 223. The molecule has 0 bridgehead atoms. The number of carbonyl (C=O) groups excluding carboxylic acids is 1. The fourth-order valence-corrected chi connectivity index (χ4v) is 1.57. The van der Waals surface area contributed by atoms with Crippen LogP contribution in [0.1, 0.15) is 39.0 Å². The molecule has 0 aromatic carbocycles. The Morgan fingerprint density at radius 1 is 1.40 bits per heavy atom. The van der Waals surface area contributed by atoms with Gasteiger partial charge in [0.25, 0.3) is 0 Å². The van der Waals surface area contributed by atoms with Gasteiger partial charge in [0.15, 0.2) is 0 Å². The molecule has 2 atom stereocenters. The summed E-state index contributed by atoms with van der Waals surface area (Å²) >= 11 is 0. The number of carbonyl (C=O) groups is 1. The zero-order valence-electron chi connectivity index (χ0n) is 9.57. The van der Waals surface area contributed by atoms with Crippen molar-refractivity contribution in [3.05, 3.63) is 12.2 Å². The van der Waals surface area contributed by atoms with Gasteiger partial charge in [-0.1, -0.05) is 32.6 Å². The topological polar surface area (TPSA) is 38.8 Å². The Hall–Kier alpha value is -0.830. The molecule has 1 saturated heterocycles. The normalized spacial score (nSPS) is 24.4. The minimum atomic E-state index is -0.310. The molecule has 0 radical (unpaired) electrons. The van der Waals surface area contributed by atoms with Crippen LogP contribution < -0.4 is 0 Å². The Kier molecular flexibility index (Phi) is 5.40. The third kappa shape index (κ3) is 4.98.